The Labute approximate surface area is 242 Å². The number of aryl methyl sites for hydroxylation is 1. The molecule has 2 N–H and O–H groups in total. The summed E-state index contributed by atoms with van der Waals surface area (Å²) >= 11 is 0. The van der Waals surface area contributed by atoms with E-state index >= 15 is 4.39 Å². The van der Waals surface area contributed by atoms with Gasteiger partial charge in [-0.2, -0.15) is 10.2 Å². The number of fused-ring (bicyclic) bond motifs is 2. The monoisotopic (exact) mass is 580 g/mol. The number of amides is 1. The SMILES string of the molecule is Cn1ncc2cc(Oc3ccc(NC(=O)C4=C5OC(=O)CC5=CN(c5ccc(F)cc5)C4)cc3F)c(-c3cn[nH]c3)cc21. The fourth-order valence-corrected chi connectivity index (χ4v) is 5.13. The van der Waals surface area contributed by atoms with Gasteiger partial charge in [-0.15, -0.1) is 0 Å². The fourth-order valence-electron chi connectivity index (χ4n) is 5.13. The van der Waals surface area contributed by atoms with Crippen LogP contribution in [-0.2, 0) is 21.4 Å². The number of ether oxygens (including phenoxy) is 2. The molecule has 1 saturated heterocycles. The minimum Gasteiger partial charge on any atom is -0.454 e. The lowest BCUT2D eigenvalue weighted by Crippen LogP contribution is -2.30. The average Bonchev–Trinajstić information content (AvgIpc) is 3.74. The predicted octanol–water partition coefficient (Wildman–Crippen LogP) is 5.58. The maximum atomic E-state index is 15.4. The first-order chi connectivity index (χ1) is 20.8. The van der Waals surface area contributed by atoms with Gasteiger partial charge < -0.3 is 19.7 Å². The summed E-state index contributed by atoms with van der Waals surface area (Å²) < 4.78 is 41.9. The van der Waals surface area contributed by atoms with E-state index in [2.05, 4.69) is 20.6 Å². The van der Waals surface area contributed by atoms with E-state index in [9.17, 15) is 14.0 Å². The van der Waals surface area contributed by atoms with Gasteiger partial charge in [-0.3, -0.25) is 19.4 Å². The average molecular weight is 581 g/mol. The van der Waals surface area contributed by atoms with Crippen LogP contribution in [0.4, 0.5) is 20.2 Å². The molecule has 0 aliphatic carbocycles. The molecular weight excluding hydrogens is 558 g/mol. The number of carbonyl (C=O) groups is 2. The largest absolute Gasteiger partial charge is 0.454 e. The van der Waals surface area contributed by atoms with Crippen LogP contribution in [0.15, 0.2) is 96.3 Å². The van der Waals surface area contributed by atoms with E-state index in [-0.39, 0.29) is 35.7 Å². The minimum atomic E-state index is -0.704. The Hall–Kier alpha value is -5.78. The molecule has 3 aromatic carbocycles. The number of nitrogens with one attached hydrogen (secondary N) is 2. The van der Waals surface area contributed by atoms with Crippen LogP contribution >= 0.6 is 0 Å². The zero-order valence-corrected chi connectivity index (χ0v) is 22.6. The van der Waals surface area contributed by atoms with Crippen LogP contribution in [0.25, 0.3) is 22.0 Å². The van der Waals surface area contributed by atoms with Gasteiger partial charge in [0.05, 0.1) is 36.4 Å². The molecule has 1 fully saturated rings. The second kappa shape index (κ2) is 10.2. The van der Waals surface area contributed by atoms with E-state index in [1.165, 1.54) is 24.3 Å². The van der Waals surface area contributed by atoms with Crippen molar-refractivity contribution in [3.8, 4) is 22.6 Å². The molecule has 43 heavy (non-hydrogen) atoms. The lowest BCUT2D eigenvalue weighted by atomic mass is 10.0. The molecule has 0 atom stereocenters. The number of allylic oxidation sites excluding steroid dienone is 1. The molecule has 0 spiro atoms. The Morgan fingerprint density at radius 3 is 2.67 bits per heavy atom. The Morgan fingerprint density at radius 2 is 1.91 bits per heavy atom. The van der Waals surface area contributed by atoms with Crippen LogP contribution in [0.2, 0.25) is 0 Å². The number of benzene rings is 3. The third kappa shape index (κ3) is 4.88. The summed E-state index contributed by atoms with van der Waals surface area (Å²) in [6.45, 7) is 0.0564. The highest BCUT2D eigenvalue weighted by Crippen LogP contribution is 2.38. The fraction of sp³-hybridized carbons (Fsp3) is 0.0968. The molecular formula is C31H22F2N6O4. The summed E-state index contributed by atoms with van der Waals surface area (Å²) in [6, 6.07) is 13.5. The Morgan fingerprint density at radius 1 is 1.07 bits per heavy atom. The first kappa shape index (κ1) is 26.1. The molecule has 0 unspecified atom stereocenters. The summed E-state index contributed by atoms with van der Waals surface area (Å²) in [5, 5.41) is 14.6. The normalized spacial score (nSPS) is 14.5. The van der Waals surface area contributed by atoms with Crippen LogP contribution in [0.3, 0.4) is 0 Å². The number of halogens is 2. The van der Waals surface area contributed by atoms with E-state index in [1.54, 1.807) is 52.6 Å². The summed E-state index contributed by atoms with van der Waals surface area (Å²) in [6.07, 6.45) is 6.74. The topological polar surface area (TPSA) is 114 Å². The molecule has 10 nitrogen and oxygen atoms in total. The molecule has 2 aliphatic heterocycles. The predicted molar refractivity (Wildman–Crippen MR) is 153 cm³/mol. The van der Waals surface area contributed by atoms with Crippen LogP contribution in [0.5, 0.6) is 11.5 Å². The summed E-state index contributed by atoms with van der Waals surface area (Å²) in [5.41, 5.74) is 3.82. The standard InChI is InChI=1S/C31H22F2N6O4/c1-38-26-11-23(19-12-34-35-13-19)28(8-17(26)14-36-38)42-27-7-4-21(10-25(27)33)37-31(41)24-16-39(22-5-2-20(32)3-6-22)15-18-9-29(40)43-30(18)24/h2-8,10-15H,9,16H2,1H3,(H,34,35)(H,37,41). The lowest BCUT2D eigenvalue weighted by Gasteiger charge is -2.27. The van der Waals surface area contributed by atoms with Gasteiger partial charge in [-0.1, -0.05) is 0 Å². The highest BCUT2D eigenvalue weighted by atomic mass is 19.1. The zero-order valence-electron chi connectivity index (χ0n) is 22.6. The van der Waals surface area contributed by atoms with Gasteiger partial charge in [-0.05, 0) is 48.5 Å². The molecule has 0 radical (unpaired) electrons. The second-order valence-electron chi connectivity index (χ2n) is 10.1. The molecule has 0 saturated carbocycles. The van der Waals surface area contributed by atoms with E-state index < -0.39 is 23.5 Å². The van der Waals surface area contributed by atoms with Gasteiger partial charge in [0.2, 0.25) is 0 Å². The quantitative estimate of drug-likeness (QED) is 0.252. The molecule has 2 aliphatic rings. The molecule has 5 aromatic rings. The van der Waals surface area contributed by atoms with Crippen molar-refractivity contribution in [1.29, 1.82) is 0 Å². The number of nitrogens with zero attached hydrogens (tertiary/aromatic N) is 4. The van der Waals surface area contributed by atoms with Crippen LogP contribution < -0.4 is 15.0 Å². The van der Waals surface area contributed by atoms with Gasteiger partial charge in [0.15, 0.2) is 11.6 Å². The molecule has 2 aromatic heterocycles. The third-order valence-corrected chi connectivity index (χ3v) is 7.26. The van der Waals surface area contributed by atoms with Gasteiger partial charge in [-0.25, -0.2) is 8.78 Å². The minimum absolute atomic E-state index is 0.00386. The Balaban J connectivity index is 1.15. The number of rotatable bonds is 6. The summed E-state index contributed by atoms with van der Waals surface area (Å²) in [5.74, 6) is -1.63. The van der Waals surface area contributed by atoms with E-state index in [0.717, 1.165) is 22.5 Å². The molecule has 7 rings (SSSR count). The summed E-state index contributed by atoms with van der Waals surface area (Å²) in [4.78, 5) is 27.2. The number of hydrogen-bond donors (Lipinski definition) is 2. The molecule has 4 heterocycles. The number of esters is 1. The van der Waals surface area contributed by atoms with Crippen molar-refractivity contribution >= 4 is 34.2 Å². The Kier molecular flexibility index (Phi) is 6.23. The number of carbonyl (C=O) groups excluding carboxylic acids is 2. The molecule has 1 amide bonds. The number of aromatic nitrogens is 4. The number of hydrogen-bond acceptors (Lipinski definition) is 7. The van der Waals surface area contributed by atoms with Crippen molar-refractivity contribution in [1.82, 2.24) is 20.0 Å². The maximum absolute atomic E-state index is 15.4. The highest BCUT2D eigenvalue weighted by Gasteiger charge is 2.34. The van der Waals surface area contributed by atoms with Crippen LogP contribution in [0, 0.1) is 11.6 Å². The van der Waals surface area contributed by atoms with Crippen molar-refractivity contribution in [3.05, 3.63) is 108 Å². The van der Waals surface area contributed by atoms with Crippen LogP contribution in [-0.4, -0.2) is 38.4 Å². The first-order valence-electron chi connectivity index (χ1n) is 13.2. The first-order valence-corrected chi connectivity index (χ1v) is 13.2. The maximum Gasteiger partial charge on any atom is 0.315 e. The number of anilines is 2. The highest BCUT2D eigenvalue weighted by molar-refractivity contribution is 6.06. The van der Waals surface area contributed by atoms with Crippen molar-refractivity contribution in [2.24, 2.45) is 7.05 Å². The number of H-pyrrole nitrogens is 1. The van der Waals surface area contributed by atoms with E-state index in [0.29, 0.717) is 22.6 Å². The van der Waals surface area contributed by atoms with E-state index in [4.69, 9.17) is 9.47 Å². The molecule has 0 bridgehead atoms. The Bertz CT molecular complexity index is 1980. The smallest absolute Gasteiger partial charge is 0.315 e. The van der Waals surface area contributed by atoms with Gasteiger partial charge in [0.25, 0.3) is 5.91 Å². The van der Waals surface area contributed by atoms with Crippen molar-refractivity contribution in [3.63, 3.8) is 0 Å². The van der Waals surface area contributed by atoms with Gasteiger partial charge in [0, 0.05) is 59.0 Å². The van der Waals surface area contributed by atoms with Crippen molar-refractivity contribution in [2.75, 3.05) is 16.8 Å². The summed E-state index contributed by atoms with van der Waals surface area (Å²) in [7, 11) is 1.83. The van der Waals surface area contributed by atoms with Crippen LogP contribution in [0.1, 0.15) is 6.42 Å². The zero-order chi connectivity index (χ0) is 29.7. The van der Waals surface area contributed by atoms with Crippen molar-refractivity contribution in [2.45, 2.75) is 6.42 Å². The van der Waals surface area contributed by atoms with Crippen molar-refractivity contribution < 1.29 is 27.8 Å². The number of aromatic amines is 1. The second-order valence-corrected chi connectivity index (χ2v) is 10.1. The molecule has 12 heteroatoms. The third-order valence-electron chi connectivity index (χ3n) is 7.26. The molecule has 214 valence electrons. The van der Waals surface area contributed by atoms with E-state index in [1.807, 2.05) is 13.1 Å². The van der Waals surface area contributed by atoms with Gasteiger partial charge in [0.1, 0.15) is 17.3 Å². The van der Waals surface area contributed by atoms with Gasteiger partial charge >= 0.3 is 5.97 Å². The lowest BCUT2D eigenvalue weighted by molar-refractivity contribution is -0.135.